The van der Waals surface area contributed by atoms with Crippen LogP contribution in [0.25, 0.3) is 11.2 Å². The predicted octanol–water partition coefficient (Wildman–Crippen LogP) is 1.32. The number of hydrogen-bond acceptors (Lipinski definition) is 5. The Labute approximate surface area is 112 Å². The highest BCUT2D eigenvalue weighted by Crippen LogP contribution is 2.28. The van der Waals surface area contributed by atoms with Crippen LogP contribution in [0.4, 0.5) is 5.82 Å². The van der Waals surface area contributed by atoms with Crippen molar-refractivity contribution in [2.75, 3.05) is 18.5 Å². The standard InChI is InChI=1S/C13H20N6/c1-9(14-2)10-5-3-4-6-19(10)13-11-12(16-7-15-11)17-8-18-13/h7-10,14H,3-6H2,1-2H3,(H,15,16,17,18). The molecule has 6 heteroatoms. The summed E-state index contributed by atoms with van der Waals surface area (Å²) in [4.78, 5) is 18.5. The normalized spacial score (nSPS) is 21.8. The van der Waals surface area contributed by atoms with E-state index in [1.54, 1.807) is 12.7 Å². The molecular formula is C13H20N6. The van der Waals surface area contributed by atoms with Gasteiger partial charge in [0.25, 0.3) is 0 Å². The van der Waals surface area contributed by atoms with E-state index in [1.807, 2.05) is 7.05 Å². The minimum absolute atomic E-state index is 0.438. The fourth-order valence-electron chi connectivity index (χ4n) is 2.90. The molecule has 0 saturated carbocycles. The van der Waals surface area contributed by atoms with Crippen molar-refractivity contribution < 1.29 is 0 Å². The Kier molecular flexibility index (Phi) is 3.33. The highest BCUT2D eigenvalue weighted by atomic mass is 15.3. The molecule has 2 aromatic heterocycles. The zero-order valence-corrected chi connectivity index (χ0v) is 11.4. The summed E-state index contributed by atoms with van der Waals surface area (Å²) in [5.41, 5.74) is 1.68. The number of nitrogens with one attached hydrogen (secondary N) is 2. The second kappa shape index (κ2) is 5.13. The van der Waals surface area contributed by atoms with Crippen molar-refractivity contribution in [1.82, 2.24) is 25.3 Å². The lowest BCUT2D eigenvalue weighted by atomic mass is 9.96. The molecule has 3 heterocycles. The first-order chi connectivity index (χ1) is 9.31. The summed E-state index contributed by atoms with van der Waals surface area (Å²) in [5.74, 6) is 0.981. The molecule has 1 fully saturated rings. The largest absolute Gasteiger partial charge is 0.350 e. The molecule has 2 unspecified atom stereocenters. The summed E-state index contributed by atoms with van der Waals surface area (Å²) in [5, 5.41) is 3.37. The Bertz CT molecular complexity index is 551. The summed E-state index contributed by atoms with van der Waals surface area (Å²) < 4.78 is 0. The van der Waals surface area contributed by atoms with Gasteiger partial charge in [0.05, 0.1) is 6.33 Å². The Hall–Kier alpha value is -1.69. The number of piperidine rings is 1. The first-order valence-corrected chi connectivity index (χ1v) is 6.89. The van der Waals surface area contributed by atoms with Crippen LogP contribution in [0, 0.1) is 0 Å². The number of likely N-dealkylation sites (N-methyl/N-ethyl adjacent to an activating group) is 1. The van der Waals surface area contributed by atoms with Crippen molar-refractivity contribution in [2.24, 2.45) is 0 Å². The van der Waals surface area contributed by atoms with Crippen molar-refractivity contribution in [3.8, 4) is 0 Å². The molecule has 0 aliphatic carbocycles. The van der Waals surface area contributed by atoms with Gasteiger partial charge in [-0.15, -0.1) is 0 Å². The van der Waals surface area contributed by atoms with Crippen LogP contribution in [0.15, 0.2) is 12.7 Å². The number of H-pyrrole nitrogens is 1. The SMILES string of the molecule is CNC(C)C1CCCCN1c1ncnc2nc[nH]c12. The fraction of sp³-hybridized carbons (Fsp3) is 0.615. The summed E-state index contributed by atoms with van der Waals surface area (Å²) in [6, 6.07) is 0.911. The van der Waals surface area contributed by atoms with Crippen molar-refractivity contribution >= 4 is 17.0 Å². The van der Waals surface area contributed by atoms with Gasteiger partial charge >= 0.3 is 0 Å². The van der Waals surface area contributed by atoms with Gasteiger partial charge in [-0.25, -0.2) is 15.0 Å². The Morgan fingerprint density at radius 3 is 3.11 bits per heavy atom. The molecule has 6 nitrogen and oxygen atoms in total. The number of fused-ring (bicyclic) bond motifs is 1. The molecule has 2 atom stereocenters. The quantitative estimate of drug-likeness (QED) is 0.871. The monoisotopic (exact) mass is 260 g/mol. The number of aromatic nitrogens is 4. The maximum Gasteiger partial charge on any atom is 0.182 e. The predicted molar refractivity (Wildman–Crippen MR) is 75.2 cm³/mol. The molecule has 2 aromatic rings. The number of imidazole rings is 1. The van der Waals surface area contributed by atoms with Crippen LogP contribution in [0.3, 0.4) is 0 Å². The van der Waals surface area contributed by atoms with Gasteiger partial charge in [-0.2, -0.15) is 0 Å². The first kappa shape index (κ1) is 12.3. The lowest BCUT2D eigenvalue weighted by Crippen LogP contribution is -2.50. The first-order valence-electron chi connectivity index (χ1n) is 6.89. The van der Waals surface area contributed by atoms with E-state index in [-0.39, 0.29) is 0 Å². The highest BCUT2D eigenvalue weighted by Gasteiger charge is 2.29. The molecule has 0 amide bonds. The third-order valence-electron chi connectivity index (χ3n) is 4.06. The summed E-state index contributed by atoms with van der Waals surface area (Å²) >= 11 is 0. The lowest BCUT2D eigenvalue weighted by Gasteiger charge is -2.40. The Morgan fingerprint density at radius 1 is 1.37 bits per heavy atom. The second-order valence-corrected chi connectivity index (χ2v) is 5.13. The molecule has 2 N–H and O–H groups in total. The molecule has 1 aliphatic rings. The topological polar surface area (TPSA) is 69.7 Å². The Balaban J connectivity index is 2.00. The average Bonchev–Trinajstić information content (AvgIpc) is 2.94. The lowest BCUT2D eigenvalue weighted by molar-refractivity contribution is 0.381. The third-order valence-corrected chi connectivity index (χ3v) is 4.06. The van der Waals surface area contributed by atoms with Crippen LogP contribution in [0.1, 0.15) is 26.2 Å². The van der Waals surface area contributed by atoms with Crippen LogP contribution < -0.4 is 10.2 Å². The molecule has 3 rings (SSSR count). The van der Waals surface area contributed by atoms with Gasteiger partial charge in [-0.3, -0.25) is 0 Å². The zero-order valence-electron chi connectivity index (χ0n) is 11.4. The van der Waals surface area contributed by atoms with Crippen LogP contribution in [0.2, 0.25) is 0 Å². The van der Waals surface area contributed by atoms with Gasteiger partial charge < -0.3 is 15.2 Å². The summed E-state index contributed by atoms with van der Waals surface area (Å²) in [7, 11) is 2.02. The van der Waals surface area contributed by atoms with E-state index in [2.05, 4.69) is 37.1 Å². The van der Waals surface area contributed by atoms with E-state index in [0.29, 0.717) is 12.1 Å². The molecule has 0 bridgehead atoms. The number of hydrogen-bond donors (Lipinski definition) is 2. The molecule has 1 aliphatic heterocycles. The summed E-state index contributed by atoms with van der Waals surface area (Å²) in [6.07, 6.45) is 6.98. The van der Waals surface area contributed by atoms with Gasteiger partial charge in [-0.1, -0.05) is 0 Å². The van der Waals surface area contributed by atoms with E-state index < -0.39 is 0 Å². The van der Waals surface area contributed by atoms with Crippen molar-refractivity contribution in [1.29, 1.82) is 0 Å². The van der Waals surface area contributed by atoms with Crippen molar-refractivity contribution in [3.05, 3.63) is 12.7 Å². The third kappa shape index (κ3) is 2.16. The van der Waals surface area contributed by atoms with Crippen molar-refractivity contribution in [2.45, 2.75) is 38.3 Å². The molecule has 19 heavy (non-hydrogen) atoms. The molecule has 0 aromatic carbocycles. The van der Waals surface area contributed by atoms with Gasteiger partial charge in [0.15, 0.2) is 11.5 Å². The van der Waals surface area contributed by atoms with Crippen LogP contribution >= 0.6 is 0 Å². The number of aromatic amines is 1. The Morgan fingerprint density at radius 2 is 2.26 bits per heavy atom. The average molecular weight is 260 g/mol. The van der Waals surface area contributed by atoms with E-state index in [9.17, 15) is 0 Å². The maximum absolute atomic E-state index is 4.49. The number of nitrogens with zero attached hydrogens (tertiary/aromatic N) is 4. The number of rotatable bonds is 3. The van der Waals surface area contributed by atoms with Gasteiger partial charge in [-0.05, 0) is 33.2 Å². The van der Waals surface area contributed by atoms with Gasteiger partial charge in [0.1, 0.15) is 11.8 Å². The molecule has 102 valence electrons. The van der Waals surface area contributed by atoms with E-state index >= 15 is 0 Å². The van der Waals surface area contributed by atoms with Gasteiger partial charge in [0.2, 0.25) is 0 Å². The molecule has 0 radical (unpaired) electrons. The van der Waals surface area contributed by atoms with Gasteiger partial charge in [0, 0.05) is 18.6 Å². The summed E-state index contributed by atoms with van der Waals surface area (Å²) in [6.45, 7) is 3.27. The van der Waals surface area contributed by atoms with E-state index in [4.69, 9.17) is 0 Å². The van der Waals surface area contributed by atoms with E-state index in [1.165, 1.54) is 19.3 Å². The molecular weight excluding hydrogens is 240 g/mol. The maximum atomic E-state index is 4.49. The smallest absolute Gasteiger partial charge is 0.182 e. The fourth-order valence-corrected chi connectivity index (χ4v) is 2.90. The van der Waals surface area contributed by atoms with Crippen LogP contribution in [-0.4, -0.2) is 45.6 Å². The highest BCUT2D eigenvalue weighted by molar-refractivity contribution is 5.82. The second-order valence-electron chi connectivity index (χ2n) is 5.13. The van der Waals surface area contributed by atoms with E-state index in [0.717, 1.165) is 23.5 Å². The molecule has 1 saturated heterocycles. The minimum Gasteiger partial charge on any atom is -0.350 e. The van der Waals surface area contributed by atoms with Crippen molar-refractivity contribution in [3.63, 3.8) is 0 Å². The number of anilines is 1. The molecule has 0 spiro atoms. The zero-order chi connectivity index (χ0) is 13.2. The van der Waals surface area contributed by atoms with Crippen LogP contribution in [0.5, 0.6) is 0 Å². The minimum atomic E-state index is 0.438. The van der Waals surface area contributed by atoms with Crippen LogP contribution in [-0.2, 0) is 0 Å².